The molecule has 1 saturated heterocycles. The number of para-hydroxylation sites is 1. The van der Waals surface area contributed by atoms with Crippen molar-refractivity contribution in [2.45, 2.75) is 46.2 Å². The molecule has 0 aliphatic carbocycles. The number of thiocarbonyl (C=S) groups is 1. The summed E-state index contributed by atoms with van der Waals surface area (Å²) in [5.74, 6) is 0.873. The van der Waals surface area contributed by atoms with Crippen molar-refractivity contribution >= 4 is 28.9 Å². The van der Waals surface area contributed by atoms with E-state index < -0.39 is 0 Å². The molecule has 0 unspecified atom stereocenters. The molecule has 3 aromatic heterocycles. The zero-order valence-corrected chi connectivity index (χ0v) is 22.9. The van der Waals surface area contributed by atoms with E-state index in [0.29, 0.717) is 18.1 Å². The summed E-state index contributed by atoms with van der Waals surface area (Å²) in [5, 5.41) is 7.16. The van der Waals surface area contributed by atoms with E-state index in [-0.39, 0.29) is 18.0 Å². The fraction of sp³-hybridized carbons (Fsp3) is 0.267. The molecular weight excluding hydrogens is 492 g/mol. The van der Waals surface area contributed by atoms with Gasteiger partial charge < -0.3 is 20.1 Å². The van der Waals surface area contributed by atoms with Crippen LogP contribution in [-0.4, -0.2) is 37.0 Å². The number of anilines is 1. The number of nitrogens with one attached hydrogen (secondary N) is 2. The Labute approximate surface area is 228 Å². The molecular formula is C30H32N6OS. The summed E-state index contributed by atoms with van der Waals surface area (Å²) in [6.07, 6.45) is 3.93. The van der Waals surface area contributed by atoms with Gasteiger partial charge >= 0.3 is 0 Å². The lowest BCUT2D eigenvalue weighted by Gasteiger charge is -2.28. The summed E-state index contributed by atoms with van der Waals surface area (Å²) in [5.41, 5.74) is 7.19. The molecule has 4 heterocycles. The van der Waals surface area contributed by atoms with Gasteiger partial charge in [-0.3, -0.25) is 9.78 Å². The number of nitrogens with zero attached hydrogens (tertiary/aromatic N) is 4. The van der Waals surface area contributed by atoms with E-state index in [1.54, 1.807) is 6.20 Å². The number of benzene rings is 1. The van der Waals surface area contributed by atoms with Crippen LogP contribution in [0.1, 0.15) is 52.3 Å². The van der Waals surface area contributed by atoms with Crippen LogP contribution in [0.3, 0.4) is 0 Å². The van der Waals surface area contributed by atoms with E-state index >= 15 is 0 Å². The van der Waals surface area contributed by atoms with Crippen LogP contribution in [0, 0.1) is 27.7 Å². The summed E-state index contributed by atoms with van der Waals surface area (Å²) in [4.78, 5) is 24.4. The molecule has 1 fully saturated rings. The van der Waals surface area contributed by atoms with Gasteiger partial charge in [0, 0.05) is 42.4 Å². The highest BCUT2D eigenvalue weighted by Crippen LogP contribution is 2.41. The maximum atomic E-state index is 12.9. The number of rotatable bonds is 7. The highest BCUT2D eigenvalue weighted by atomic mass is 32.1. The topological polar surface area (TPSA) is 75.1 Å². The molecule has 5 rings (SSSR count). The Morgan fingerprint density at radius 2 is 1.71 bits per heavy atom. The molecule has 0 bridgehead atoms. The quantitative estimate of drug-likeness (QED) is 0.311. The van der Waals surface area contributed by atoms with Gasteiger partial charge in [-0.1, -0.05) is 30.3 Å². The van der Waals surface area contributed by atoms with Gasteiger partial charge in [-0.05, 0) is 86.9 Å². The number of carbonyl (C=O) groups excluding carboxylic acids is 1. The molecule has 1 aliphatic rings. The third-order valence-electron chi connectivity index (χ3n) is 7.18. The van der Waals surface area contributed by atoms with Gasteiger partial charge in [0.1, 0.15) is 5.82 Å². The molecule has 1 aliphatic heterocycles. The lowest BCUT2D eigenvalue weighted by atomic mass is 9.96. The fourth-order valence-corrected chi connectivity index (χ4v) is 5.59. The number of pyridine rings is 2. The summed E-state index contributed by atoms with van der Waals surface area (Å²) < 4.78 is 2.20. The highest BCUT2D eigenvalue weighted by Gasteiger charge is 2.41. The van der Waals surface area contributed by atoms with Crippen molar-refractivity contribution in [3.63, 3.8) is 0 Å². The average molecular weight is 525 g/mol. The second-order valence-electron chi connectivity index (χ2n) is 9.74. The summed E-state index contributed by atoms with van der Waals surface area (Å²) in [6, 6.07) is 19.7. The number of carbonyl (C=O) groups is 1. The number of hydrogen-bond donors (Lipinski definition) is 2. The third-order valence-corrected chi connectivity index (χ3v) is 7.53. The van der Waals surface area contributed by atoms with E-state index in [0.717, 1.165) is 45.3 Å². The Morgan fingerprint density at radius 3 is 2.45 bits per heavy atom. The van der Waals surface area contributed by atoms with Gasteiger partial charge in [0.05, 0.1) is 17.8 Å². The zero-order valence-electron chi connectivity index (χ0n) is 22.1. The average Bonchev–Trinajstić information content (AvgIpc) is 3.39. The Bertz CT molecular complexity index is 1480. The molecule has 194 valence electrons. The van der Waals surface area contributed by atoms with Crippen molar-refractivity contribution in [1.82, 2.24) is 24.8 Å². The Hall–Kier alpha value is -4.04. The minimum Gasteiger partial charge on any atom is -0.352 e. The maximum absolute atomic E-state index is 12.9. The van der Waals surface area contributed by atoms with Crippen molar-refractivity contribution in [3.05, 3.63) is 107 Å². The second kappa shape index (κ2) is 10.8. The van der Waals surface area contributed by atoms with Crippen LogP contribution in [0.25, 0.3) is 5.82 Å². The van der Waals surface area contributed by atoms with Crippen LogP contribution in [0.15, 0.2) is 73.1 Å². The molecule has 0 radical (unpaired) electrons. The van der Waals surface area contributed by atoms with Gasteiger partial charge in [0.2, 0.25) is 5.91 Å². The smallest absolute Gasteiger partial charge is 0.226 e. The molecule has 1 amide bonds. The van der Waals surface area contributed by atoms with Crippen LogP contribution < -0.4 is 10.6 Å². The molecule has 4 aromatic rings. The summed E-state index contributed by atoms with van der Waals surface area (Å²) in [7, 11) is 0. The standard InChI is InChI=1S/C30H32N6OS/c1-19-10-5-6-12-24(19)33-26(37)14-17-35-28(27(34-30(35)38)25-13-7-8-15-31-25)23-18-21(3)36(22(23)4)29-20(2)11-9-16-32-29/h5-13,15-16,18,27-28H,14,17H2,1-4H3,(H,33,37)(H,34,38)/t27-,28-/m1/s1. The zero-order chi connectivity index (χ0) is 26.8. The lowest BCUT2D eigenvalue weighted by Crippen LogP contribution is -2.33. The lowest BCUT2D eigenvalue weighted by molar-refractivity contribution is -0.116. The van der Waals surface area contributed by atoms with Crippen LogP contribution in [0.4, 0.5) is 5.69 Å². The molecule has 38 heavy (non-hydrogen) atoms. The molecule has 7 nitrogen and oxygen atoms in total. The predicted octanol–water partition coefficient (Wildman–Crippen LogP) is 5.50. The van der Waals surface area contributed by atoms with Gasteiger partial charge in [-0.2, -0.15) is 0 Å². The van der Waals surface area contributed by atoms with Gasteiger partial charge in [0.15, 0.2) is 5.11 Å². The second-order valence-corrected chi connectivity index (χ2v) is 10.1. The highest BCUT2D eigenvalue weighted by molar-refractivity contribution is 7.80. The number of hydrogen-bond acceptors (Lipinski definition) is 4. The maximum Gasteiger partial charge on any atom is 0.226 e. The minimum absolute atomic E-state index is 0.0447. The van der Waals surface area contributed by atoms with Crippen molar-refractivity contribution < 1.29 is 4.79 Å². The van der Waals surface area contributed by atoms with E-state index in [1.165, 1.54) is 0 Å². The van der Waals surface area contributed by atoms with E-state index in [9.17, 15) is 4.79 Å². The normalized spacial score (nSPS) is 16.9. The Kier molecular flexibility index (Phi) is 7.24. The van der Waals surface area contributed by atoms with E-state index in [1.807, 2.05) is 61.7 Å². The van der Waals surface area contributed by atoms with Crippen molar-refractivity contribution in [3.8, 4) is 5.82 Å². The first kappa shape index (κ1) is 25.6. The monoisotopic (exact) mass is 524 g/mol. The Morgan fingerprint density at radius 1 is 0.974 bits per heavy atom. The molecule has 0 spiro atoms. The Balaban J connectivity index is 1.48. The molecule has 2 N–H and O–H groups in total. The number of amides is 1. The van der Waals surface area contributed by atoms with Crippen LogP contribution >= 0.6 is 12.2 Å². The summed E-state index contributed by atoms with van der Waals surface area (Å²) >= 11 is 5.83. The number of aryl methyl sites for hydroxylation is 3. The van der Waals surface area contributed by atoms with Gasteiger partial charge in [0.25, 0.3) is 0 Å². The van der Waals surface area contributed by atoms with Crippen LogP contribution in [0.5, 0.6) is 0 Å². The SMILES string of the molecule is Cc1ccccc1NC(=O)CCN1C(=S)N[C@H](c2ccccn2)[C@H]1c1cc(C)n(-c2ncccc2C)c1C. The number of aromatic nitrogens is 3. The first-order chi connectivity index (χ1) is 18.3. The van der Waals surface area contributed by atoms with Crippen LogP contribution in [0.2, 0.25) is 0 Å². The van der Waals surface area contributed by atoms with Gasteiger partial charge in [-0.25, -0.2) is 4.98 Å². The minimum atomic E-state index is -0.151. The third kappa shape index (κ3) is 4.91. The van der Waals surface area contributed by atoms with E-state index in [4.69, 9.17) is 12.2 Å². The largest absolute Gasteiger partial charge is 0.352 e. The van der Waals surface area contributed by atoms with E-state index in [2.05, 4.69) is 63.0 Å². The molecule has 0 saturated carbocycles. The predicted molar refractivity (Wildman–Crippen MR) is 154 cm³/mol. The first-order valence-corrected chi connectivity index (χ1v) is 13.2. The van der Waals surface area contributed by atoms with Crippen molar-refractivity contribution in [1.29, 1.82) is 0 Å². The first-order valence-electron chi connectivity index (χ1n) is 12.8. The molecule has 2 atom stereocenters. The fourth-order valence-electron chi connectivity index (χ4n) is 5.26. The van der Waals surface area contributed by atoms with Crippen LogP contribution in [-0.2, 0) is 4.79 Å². The molecule has 1 aromatic carbocycles. The van der Waals surface area contributed by atoms with Gasteiger partial charge in [-0.15, -0.1) is 0 Å². The van der Waals surface area contributed by atoms with Crippen molar-refractivity contribution in [2.75, 3.05) is 11.9 Å². The van der Waals surface area contributed by atoms with Crippen molar-refractivity contribution in [2.24, 2.45) is 0 Å². The summed E-state index contributed by atoms with van der Waals surface area (Å²) in [6.45, 7) is 8.76. The molecule has 8 heteroatoms.